The minimum absolute atomic E-state index is 0.498. The van der Waals surface area contributed by atoms with Gasteiger partial charge in [0.05, 0.1) is 5.56 Å². The number of benzene rings is 1. The van der Waals surface area contributed by atoms with E-state index in [2.05, 4.69) is 9.68 Å². The van der Waals surface area contributed by atoms with Crippen molar-refractivity contribution in [2.24, 2.45) is 0 Å². The number of halogens is 5. The number of carbonyl (C=O) groups is 1. The molecule has 0 radical (unpaired) electrons. The van der Waals surface area contributed by atoms with Crippen LogP contribution in [0.3, 0.4) is 0 Å². The van der Waals surface area contributed by atoms with Crippen LogP contribution >= 0.6 is 11.6 Å². The lowest BCUT2D eigenvalue weighted by atomic mass is 10.2. The Bertz CT molecular complexity index is 699. The average Bonchev–Trinajstić information content (AvgIpc) is 2.73. The van der Waals surface area contributed by atoms with E-state index >= 15 is 0 Å². The Kier molecular flexibility index (Phi) is 3.77. The third kappa shape index (κ3) is 3.07. The predicted molar refractivity (Wildman–Crippen MR) is 62.5 cm³/mol. The molecular weight excluding hydrogens is 320 g/mol. The first kappa shape index (κ1) is 15.1. The van der Waals surface area contributed by atoms with Crippen LogP contribution in [0.15, 0.2) is 22.7 Å². The van der Waals surface area contributed by atoms with E-state index in [0.29, 0.717) is 6.07 Å². The van der Waals surface area contributed by atoms with Gasteiger partial charge in [0.25, 0.3) is 11.7 Å². The summed E-state index contributed by atoms with van der Waals surface area (Å²) in [6, 6.07) is 2.51. The summed E-state index contributed by atoms with van der Waals surface area (Å²) in [5.41, 5.74) is -0.498. The lowest BCUT2D eigenvalue weighted by Gasteiger charge is -2.05. The van der Waals surface area contributed by atoms with Crippen molar-refractivity contribution in [2.75, 3.05) is 5.32 Å². The molecule has 0 fully saturated rings. The first-order valence-corrected chi connectivity index (χ1v) is 5.60. The van der Waals surface area contributed by atoms with E-state index in [-0.39, 0.29) is 0 Å². The van der Waals surface area contributed by atoms with Gasteiger partial charge in [0.1, 0.15) is 16.6 Å². The van der Waals surface area contributed by atoms with Gasteiger partial charge in [-0.3, -0.25) is 4.79 Å². The van der Waals surface area contributed by atoms with Crippen LogP contribution in [0.1, 0.15) is 16.1 Å². The molecule has 0 saturated carbocycles. The molecule has 2 rings (SSSR count). The van der Waals surface area contributed by atoms with Crippen LogP contribution in [0.2, 0.25) is 5.02 Å². The largest absolute Gasteiger partial charge is 0.507 e. The highest BCUT2D eigenvalue weighted by Crippen LogP contribution is 2.38. The molecular formula is C11H5ClF4N2O3. The number of hydrogen-bond donors (Lipinski definition) is 2. The summed E-state index contributed by atoms with van der Waals surface area (Å²) >= 11 is 5.38. The molecule has 21 heavy (non-hydrogen) atoms. The van der Waals surface area contributed by atoms with Crippen molar-refractivity contribution in [1.82, 2.24) is 5.16 Å². The van der Waals surface area contributed by atoms with Crippen molar-refractivity contribution in [2.45, 2.75) is 6.18 Å². The minimum atomic E-state index is -4.88. The first-order chi connectivity index (χ1) is 9.70. The number of alkyl halides is 3. The number of rotatable bonds is 2. The van der Waals surface area contributed by atoms with E-state index in [1.807, 2.05) is 5.32 Å². The molecule has 0 atom stereocenters. The fourth-order valence-electron chi connectivity index (χ4n) is 1.40. The first-order valence-electron chi connectivity index (χ1n) is 5.22. The highest BCUT2D eigenvalue weighted by Gasteiger charge is 2.40. The van der Waals surface area contributed by atoms with Gasteiger partial charge in [0.15, 0.2) is 5.82 Å². The number of hydrogen-bond acceptors (Lipinski definition) is 4. The highest BCUT2D eigenvalue weighted by molar-refractivity contribution is 6.34. The lowest BCUT2D eigenvalue weighted by Crippen LogP contribution is -2.13. The van der Waals surface area contributed by atoms with E-state index in [0.717, 1.165) is 12.1 Å². The van der Waals surface area contributed by atoms with Crippen LogP contribution in [-0.4, -0.2) is 16.2 Å². The molecule has 1 heterocycles. The molecule has 1 amide bonds. The molecule has 0 unspecified atom stereocenters. The maximum atomic E-state index is 13.0. The van der Waals surface area contributed by atoms with Gasteiger partial charge in [-0.2, -0.15) is 13.2 Å². The summed E-state index contributed by atoms with van der Waals surface area (Å²) in [6.07, 6.45) is -4.88. The zero-order valence-electron chi connectivity index (χ0n) is 9.83. The highest BCUT2D eigenvalue weighted by atomic mass is 35.5. The summed E-state index contributed by atoms with van der Waals surface area (Å²) in [4.78, 5) is 11.7. The van der Waals surface area contributed by atoms with E-state index in [1.165, 1.54) is 0 Å². The normalized spacial score (nSPS) is 11.5. The van der Waals surface area contributed by atoms with Gasteiger partial charge in [-0.25, -0.2) is 4.39 Å². The number of anilines is 1. The molecule has 0 spiro atoms. The zero-order chi connectivity index (χ0) is 15.8. The quantitative estimate of drug-likeness (QED) is 0.830. The Labute approximate surface area is 119 Å². The van der Waals surface area contributed by atoms with Gasteiger partial charge >= 0.3 is 6.18 Å². The lowest BCUT2D eigenvalue weighted by molar-refractivity contribution is -0.155. The Balaban J connectivity index is 2.29. The fourth-order valence-corrected chi connectivity index (χ4v) is 1.62. The standard InChI is InChI=1S/C11H5ClF4N2O3/c12-7-8(11(14,15)16)21-18-9(7)17-10(20)5-3-4(13)1-2-6(5)19/h1-3,19H,(H,17,18,20). The van der Waals surface area contributed by atoms with E-state index < -0.39 is 45.8 Å². The van der Waals surface area contributed by atoms with Gasteiger partial charge in [-0.05, 0) is 18.2 Å². The average molecular weight is 325 g/mol. The Morgan fingerprint density at radius 3 is 2.62 bits per heavy atom. The molecule has 0 aliphatic carbocycles. The number of carbonyl (C=O) groups excluding carboxylic acids is 1. The van der Waals surface area contributed by atoms with Crippen molar-refractivity contribution in [1.29, 1.82) is 0 Å². The van der Waals surface area contributed by atoms with Crippen molar-refractivity contribution < 1.29 is 32.0 Å². The van der Waals surface area contributed by atoms with Crippen LogP contribution in [0.4, 0.5) is 23.4 Å². The number of aromatic hydroxyl groups is 1. The second-order valence-corrected chi connectivity index (χ2v) is 4.17. The van der Waals surface area contributed by atoms with Gasteiger partial charge < -0.3 is 14.9 Å². The van der Waals surface area contributed by atoms with Crippen LogP contribution in [0.5, 0.6) is 5.75 Å². The second kappa shape index (κ2) is 5.24. The maximum Gasteiger partial charge on any atom is 0.454 e. The number of aromatic nitrogens is 1. The van der Waals surface area contributed by atoms with E-state index in [4.69, 9.17) is 11.6 Å². The molecule has 0 saturated heterocycles. The van der Waals surface area contributed by atoms with E-state index in [9.17, 15) is 27.5 Å². The second-order valence-electron chi connectivity index (χ2n) is 3.79. The van der Waals surface area contributed by atoms with Crippen LogP contribution in [0.25, 0.3) is 0 Å². The SMILES string of the molecule is O=C(Nc1noc(C(F)(F)F)c1Cl)c1cc(F)ccc1O. The third-order valence-corrected chi connectivity index (χ3v) is 2.68. The van der Waals surface area contributed by atoms with Gasteiger partial charge in [0, 0.05) is 0 Å². The van der Waals surface area contributed by atoms with Crippen LogP contribution in [-0.2, 0) is 6.18 Å². The third-order valence-electron chi connectivity index (χ3n) is 2.33. The Morgan fingerprint density at radius 1 is 1.38 bits per heavy atom. The molecule has 1 aromatic heterocycles. The minimum Gasteiger partial charge on any atom is -0.507 e. The molecule has 0 aliphatic heterocycles. The molecule has 2 N–H and O–H groups in total. The van der Waals surface area contributed by atoms with Gasteiger partial charge in [-0.1, -0.05) is 16.8 Å². The van der Waals surface area contributed by atoms with Crippen molar-refractivity contribution >= 4 is 23.3 Å². The summed E-state index contributed by atoms with van der Waals surface area (Å²) in [5, 5.41) is 13.3. The molecule has 112 valence electrons. The summed E-state index contributed by atoms with van der Waals surface area (Å²) in [7, 11) is 0. The summed E-state index contributed by atoms with van der Waals surface area (Å²) < 4.78 is 54.2. The van der Waals surface area contributed by atoms with Crippen molar-refractivity contribution in [3.05, 3.63) is 40.4 Å². The number of amides is 1. The molecule has 2 aromatic rings. The fraction of sp³-hybridized carbons (Fsp3) is 0.0909. The zero-order valence-corrected chi connectivity index (χ0v) is 10.6. The number of nitrogens with zero attached hydrogens (tertiary/aromatic N) is 1. The number of nitrogens with one attached hydrogen (secondary N) is 1. The van der Waals surface area contributed by atoms with Gasteiger partial charge in [0.2, 0.25) is 0 Å². The van der Waals surface area contributed by atoms with Crippen LogP contribution in [0, 0.1) is 5.82 Å². The summed E-state index contributed by atoms with van der Waals surface area (Å²) in [6.45, 7) is 0. The topological polar surface area (TPSA) is 75.4 Å². The molecule has 1 aromatic carbocycles. The number of phenols is 1. The smallest absolute Gasteiger partial charge is 0.454 e. The Hall–Kier alpha value is -2.29. The van der Waals surface area contributed by atoms with Crippen molar-refractivity contribution in [3.8, 4) is 5.75 Å². The molecule has 5 nitrogen and oxygen atoms in total. The van der Waals surface area contributed by atoms with Gasteiger partial charge in [-0.15, -0.1) is 0 Å². The number of phenolic OH excluding ortho intramolecular Hbond substituents is 1. The Morgan fingerprint density at radius 2 is 2.05 bits per heavy atom. The van der Waals surface area contributed by atoms with E-state index in [1.54, 1.807) is 0 Å². The predicted octanol–water partition coefficient (Wildman–Crippen LogP) is 3.44. The molecule has 0 aliphatic rings. The molecule has 0 bridgehead atoms. The summed E-state index contributed by atoms with van der Waals surface area (Å²) in [5.74, 6) is -4.76. The van der Waals surface area contributed by atoms with Crippen LogP contribution < -0.4 is 5.32 Å². The maximum absolute atomic E-state index is 13.0. The molecule has 10 heteroatoms. The monoisotopic (exact) mass is 324 g/mol. The van der Waals surface area contributed by atoms with Crippen molar-refractivity contribution in [3.63, 3.8) is 0 Å².